The highest BCUT2D eigenvalue weighted by Gasteiger charge is 2.30. The van der Waals surface area contributed by atoms with Crippen molar-refractivity contribution in [2.24, 2.45) is 11.7 Å². The van der Waals surface area contributed by atoms with Crippen molar-refractivity contribution >= 4 is 0 Å². The van der Waals surface area contributed by atoms with E-state index >= 15 is 0 Å². The van der Waals surface area contributed by atoms with E-state index in [1.165, 1.54) is 24.0 Å². The van der Waals surface area contributed by atoms with Gasteiger partial charge in [-0.25, -0.2) is 0 Å². The zero-order valence-electron chi connectivity index (χ0n) is 14.1. The summed E-state index contributed by atoms with van der Waals surface area (Å²) in [6.45, 7) is 9.65. The standard InChI is InChI=1S/C19H31NO/c1-5-21-18-12-15(13-18)11-17(20)10-14-6-8-16(9-7-14)19(2,3)4/h6-9,15,17-18H,5,10-13,20H2,1-4H3. The first kappa shape index (κ1) is 16.5. The summed E-state index contributed by atoms with van der Waals surface area (Å²) in [6.07, 6.45) is 5.01. The fourth-order valence-corrected chi connectivity index (χ4v) is 3.19. The third kappa shape index (κ3) is 4.82. The van der Waals surface area contributed by atoms with Gasteiger partial charge >= 0.3 is 0 Å². The number of hydrogen-bond donors (Lipinski definition) is 1. The number of nitrogens with two attached hydrogens (primary N) is 1. The molecule has 0 aliphatic heterocycles. The molecule has 1 aromatic carbocycles. The lowest BCUT2D eigenvalue weighted by Gasteiger charge is -2.36. The lowest BCUT2D eigenvalue weighted by Crippen LogP contribution is -2.36. The zero-order chi connectivity index (χ0) is 15.5. The van der Waals surface area contributed by atoms with Crippen LogP contribution in [0.2, 0.25) is 0 Å². The summed E-state index contributed by atoms with van der Waals surface area (Å²) in [7, 11) is 0. The fourth-order valence-electron chi connectivity index (χ4n) is 3.19. The summed E-state index contributed by atoms with van der Waals surface area (Å²) >= 11 is 0. The highest BCUT2D eigenvalue weighted by atomic mass is 16.5. The highest BCUT2D eigenvalue weighted by Crippen LogP contribution is 2.33. The average molecular weight is 289 g/mol. The van der Waals surface area contributed by atoms with Crippen molar-refractivity contribution in [1.29, 1.82) is 0 Å². The van der Waals surface area contributed by atoms with Crippen LogP contribution in [-0.4, -0.2) is 18.8 Å². The SMILES string of the molecule is CCOC1CC(CC(N)Cc2ccc(C(C)(C)C)cc2)C1. The Morgan fingerprint density at radius 3 is 2.33 bits per heavy atom. The van der Waals surface area contributed by atoms with E-state index in [-0.39, 0.29) is 11.5 Å². The second-order valence-electron chi connectivity index (χ2n) is 7.56. The summed E-state index contributed by atoms with van der Waals surface area (Å²) in [5, 5.41) is 0. The van der Waals surface area contributed by atoms with Crippen LogP contribution in [0.3, 0.4) is 0 Å². The Labute approximate surface area is 130 Å². The van der Waals surface area contributed by atoms with Gasteiger partial charge in [0.1, 0.15) is 0 Å². The minimum atomic E-state index is 0.223. The lowest BCUT2D eigenvalue weighted by molar-refractivity contribution is -0.0280. The van der Waals surface area contributed by atoms with E-state index in [0.717, 1.165) is 25.4 Å². The van der Waals surface area contributed by atoms with E-state index in [1.807, 2.05) is 0 Å². The van der Waals surface area contributed by atoms with Gasteiger partial charge in [-0.2, -0.15) is 0 Å². The molecule has 1 aromatic rings. The van der Waals surface area contributed by atoms with Crippen molar-refractivity contribution in [3.05, 3.63) is 35.4 Å². The van der Waals surface area contributed by atoms with Gasteiger partial charge in [-0.05, 0) is 55.1 Å². The number of rotatable bonds is 6. The topological polar surface area (TPSA) is 35.2 Å². The Morgan fingerprint density at radius 1 is 1.19 bits per heavy atom. The Hall–Kier alpha value is -0.860. The van der Waals surface area contributed by atoms with Crippen LogP contribution in [0.15, 0.2) is 24.3 Å². The van der Waals surface area contributed by atoms with Crippen LogP contribution in [0, 0.1) is 5.92 Å². The maximum Gasteiger partial charge on any atom is 0.0580 e. The smallest absolute Gasteiger partial charge is 0.0580 e. The molecule has 2 rings (SSSR count). The van der Waals surface area contributed by atoms with Crippen LogP contribution in [0.25, 0.3) is 0 Å². The first-order valence-electron chi connectivity index (χ1n) is 8.35. The number of benzene rings is 1. The first-order chi connectivity index (χ1) is 9.88. The number of ether oxygens (including phenoxy) is 1. The van der Waals surface area contributed by atoms with Gasteiger partial charge in [-0.3, -0.25) is 0 Å². The monoisotopic (exact) mass is 289 g/mol. The van der Waals surface area contributed by atoms with E-state index in [2.05, 4.69) is 52.0 Å². The van der Waals surface area contributed by atoms with Crippen LogP contribution in [0.4, 0.5) is 0 Å². The maximum absolute atomic E-state index is 6.32. The van der Waals surface area contributed by atoms with Crippen LogP contribution >= 0.6 is 0 Å². The van der Waals surface area contributed by atoms with Crippen molar-refractivity contribution < 1.29 is 4.74 Å². The molecule has 0 bridgehead atoms. The van der Waals surface area contributed by atoms with Gasteiger partial charge in [0.15, 0.2) is 0 Å². The average Bonchev–Trinajstić information content (AvgIpc) is 2.36. The molecule has 1 unspecified atom stereocenters. The van der Waals surface area contributed by atoms with Gasteiger partial charge in [0.2, 0.25) is 0 Å². The van der Waals surface area contributed by atoms with Gasteiger partial charge in [0.05, 0.1) is 6.10 Å². The van der Waals surface area contributed by atoms with Crippen molar-refractivity contribution in [3.8, 4) is 0 Å². The van der Waals surface area contributed by atoms with Crippen molar-refractivity contribution in [2.45, 2.75) is 70.9 Å². The largest absolute Gasteiger partial charge is 0.378 e. The summed E-state index contributed by atoms with van der Waals surface area (Å²) in [4.78, 5) is 0. The molecule has 1 atom stereocenters. The molecule has 0 aromatic heterocycles. The van der Waals surface area contributed by atoms with E-state index in [1.54, 1.807) is 0 Å². The molecule has 2 nitrogen and oxygen atoms in total. The molecular weight excluding hydrogens is 258 g/mol. The molecular formula is C19H31NO. The molecule has 21 heavy (non-hydrogen) atoms. The van der Waals surface area contributed by atoms with Crippen LogP contribution in [0.1, 0.15) is 58.1 Å². The first-order valence-corrected chi connectivity index (χ1v) is 8.35. The maximum atomic E-state index is 6.32. The molecule has 0 amide bonds. The quantitative estimate of drug-likeness (QED) is 0.857. The molecule has 118 valence electrons. The summed E-state index contributed by atoms with van der Waals surface area (Å²) in [6, 6.07) is 9.25. The molecule has 2 heteroatoms. The summed E-state index contributed by atoms with van der Waals surface area (Å²) < 4.78 is 5.61. The number of hydrogen-bond acceptors (Lipinski definition) is 2. The Bertz CT molecular complexity index is 426. The van der Waals surface area contributed by atoms with E-state index in [4.69, 9.17) is 10.5 Å². The minimum absolute atomic E-state index is 0.223. The summed E-state index contributed by atoms with van der Waals surface area (Å²) in [5.74, 6) is 0.769. The fraction of sp³-hybridized carbons (Fsp3) is 0.684. The molecule has 0 spiro atoms. The normalized spacial score (nSPS) is 23.7. The zero-order valence-corrected chi connectivity index (χ0v) is 14.1. The van der Waals surface area contributed by atoms with Crippen LogP contribution in [0.5, 0.6) is 0 Å². The van der Waals surface area contributed by atoms with Crippen LogP contribution in [-0.2, 0) is 16.6 Å². The van der Waals surface area contributed by atoms with E-state index < -0.39 is 0 Å². The lowest BCUT2D eigenvalue weighted by atomic mass is 9.77. The molecule has 1 fully saturated rings. The second kappa shape index (κ2) is 6.93. The molecule has 2 N–H and O–H groups in total. The van der Waals surface area contributed by atoms with Crippen molar-refractivity contribution in [2.75, 3.05) is 6.61 Å². The third-order valence-electron chi connectivity index (χ3n) is 4.55. The van der Waals surface area contributed by atoms with Crippen molar-refractivity contribution in [1.82, 2.24) is 0 Å². The van der Waals surface area contributed by atoms with E-state index in [9.17, 15) is 0 Å². The van der Waals surface area contributed by atoms with E-state index in [0.29, 0.717) is 6.10 Å². The summed E-state index contributed by atoms with van der Waals surface area (Å²) in [5.41, 5.74) is 9.29. The molecule has 0 radical (unpaired) electrons. The molecule has 1 aliphatic rings. The molecule has 0 heterocycles. The predicted octanol–water partition coefficient (Wildman–Crippen LogP) is 4.06. The predicted molar refractivity (Wildman–Crippen MR) is 89.6 cm³/mol. The van der Waals surface area contributed by atoms with Crippen molar-refractivity contribution in [3.63, 3.8) is 0 Å². The Morgan fingerprint density at radius 2 is 1.81 bits per heavy atom. The van der Waals surface area contributed by atoms with Gasteiger partial charge in [0, 0.05) is 12.6 Å². The Kier molecular flexibility index (Phi) is 5.45. The van der Waals surface area contributed by atoms with Gasteiger partial charge < -0.3 is 10.5 Å². The molecule has 1 saturated carbocycles. The minimum Gasteiger partial charge on any atom is -0.378 e. The highest BCUT2D eigenvalue weighted by molar-refractivity contribution is 5.28. The van der Waals surface area contributed by atoms with Gasteiger partial charge in [0.25, 0.3) is 0 Å². The second-order valence-corrected chi connectivity index (χ2v) is 7.56. The van der Waals surface area contributed by atoms with Gasteiger partial charge in [-0.1, -0.05) is 45.0 Å². The van der Waals surface area contributed by atoms with Crippen LogP contribution < -0.4 is 5.73 Å². The molecule has 0 saturated heterocycles. The Balaban J connectivity index is 1.77. The third-order valence-corrected chi connectivity index (χ3v) is 4.55. The van der Waals surface area contributed by atoms with Gasteiger partial charge in [-0.15, -0.1) is 0 Å². The molecule has 1 aliphatic carbocycles.